The number of benzene rings is 2. The fourth-order valence-corrected chi connectivity index (χ4v) is 3.83. The van der Waals surface area contributed by atoms with Gasteiger partial charge in [-0.15, -0.1) is 0 Å². The molecule has 0 aliphatic heterocycles. The first-order valence-corrected chi connectivity index (χ1v) is 9.35. The van der Waals surface area contributed by atoms with Gasteiger partial charge in [0, 0.05) is 27.4 Å². The molecule has 10 heteroatoms. The van der Waals surface area contributed by atoms with Crippen LogP contribution in [-0.4, -0.2) is 47.4 Å². The number of fused-ring (bicyclic) bond motifs is 3. The third-order valence-electron chi connectivity index (χ3n) is 3.73. The van der Waals surface area contributed by atoms with E-state index in [9.17, 15) is 18.1 Å². The van der Waals surface area contributed by atoms with Crippen molar-refractivity contribution in [2.24, 2.45) is 0 Å². The van der Waals surface area contributed by atoms with Crippen LogP contribution in [0.4, 0.5) is 5.69 Å². The molecule has 0 saturated heterocycles. The zero-order valence-electron chi connectivity index (χ0n) is 12.6. The predicted molar refractivity (Wildman–Crippen MR) is 97.2 cm³/mol. The Balaban J connectivity index is 2.29. The molecule has 7 nitrogen and oxygen atoms in total. The molecule has 0 aliphatic carbocycles. The second kappa shape index (κ2) is 6.64. The van der Waals surface area contributed by atoms with Crippen LogP contribution in [-0.2, 0) is 10.1 Å². The summed E-state index contributed by atoms with van der Waals surface area (Å²) in [4.78, 5) is 2.61. The SMILES string of the molecule is O=S(=O)(O)c1cc(Cl)cc2c1[nH]c1c(NCC(O)CO)cc(Cl)cc12. The van der Waals surface area contributed by atoms with Gasteiger partial charge in [0.15, 0.2) is 0 Å². The Labute approximate surface area is 152 Å². The average molecular weight is 405 g/mol. The van der Waals surface area contributed by atoms with Gasteiger partial charge in [-0.3, -0.25) is 4.55 Å². The van der Waals surface area contributed by atoms with Gasteiger partial charge in [0.05, 0.1) is 29.4 Å². The van der Waals surface area contributed by atoms with E-state index in [-0.39, 0.29) is 22.0 Å². The molecule has 5 N–H and O–H groups in total. The fraction of sp³-hybridized carbons (Fsp3) is 0.200. The Morgan fingerprint density at radius 2 is 1.68 bits per heavy atom. The molecule has 0 spiro atoms. The maximum Gasteiger partial charge on any atom is 0.296 e. The number of anilines is 1. The molecule has 25 heavy (non-hydrogen) atoms. The summed E-state index contributed by atoms with van der Waals surface area (Å²) in [6.45, 7) is -0.348. The van der Waals surface area contributed by atoms with Crippen LogP contribution in [0.5, 0.6) is 0 Å². The first-order valence-electron chi connectivity index (χ1n) is 7.15. The molecule has 134 valence electrons. The molecule has 1 unspecified atom stereocenters. The lowest BCUT2D eigenvalue weighted by molar-refractivity contribution is 0.105. The topological polar surface area (TPSA) is 123 Å². The van der Waals surface area contributed by atoms with Gasteiger partial charge >= 0.3 is 0 Å². The number of hydrogen-bond donors (Lipinski definition) is 5. The molecule has 3 aromatic rings. The van der Waals surface area contributed by atoms with Crippen LogP contribution in [0.1, 0.15) is 0 Å². The Hall–Kier alpha value is -1.55. The first kappa shape index (κ1) is 18.2. The van der Waals surface area contributed by atoms with Crippen molar-refractivity contribution in [3.63, 3.8) is 0 Å². The lowest BCUT2D eigenvalue weighted by Crippen LogP contribution is -2.23. The molecule has 0 fully saturated rings. The lowest BCUT2D eigenvalue weighted by Gasteiger charge is -2.11. The van der Waals surface area contributed by atoms with Crippen LogP contribution in [0.15, 0.2) is 29.2 Å². The standard InChI is InChI=1S/C15H14Cl2N2O5S/c16-7-1-10-11-2-8(17)4-13(25(22,23)24)15(11)19-14(10)12(3-7)18-5-9(21)6-20/h1-4,9,18-21H,5-6H2,(H,22,23,24). The highest BCUT2D eigenvalue weighted by molar-refractivity contribution is 7.86. The summed E-state index contributed by atoms with van der Waals surface area (Å²) in [6, 6.07) is 5.94. The second-order valence-corrected chi connectivity index (χ2v) is 7.78. The van der Waals surface area contributed by atoms with E-state index in [0.29, 0.717) is 27.0 Å². The van der Waals surface area contributed by atoms with E-state index in [1.807, 2.05) is 0 Å². The van der Waals surface area contributed by atoms with Crippen molar-refractivity contribution in [3.8, 4) is 0 Å². The van der Waals surface area contributed by atoms with Crippen molar-refractivity contribution in [1.82, 2.24) is 4.98 Å². The predicted octanol–water partition coefficient (Wildman–Crippen LogP) is 2.64. The lowest BCUT2D eigenvalue weighted by atomic mass is 10.1. The van der Waals surface area contributed by atoms with Gasteiger partial charge in [0.25, 0.3) is 10.1 Å². The molecule has 2 aromatic carbocycles. The van der Waals surface area contributed by atoms with Gasteiger partial charge in [-0.05, 0) is 24.3 Å². The number of aromatic nitrogens is 1. The van der Waals surface area contributed by atoms with Crippen LogP contribution in [0.3, 0.4) is 0 Å². The molecule has 3 rings (SSSR count). The number of halogens is 2. The third kappa shape index (κ3) is 3.55. The van der Waals surface area contributed by atoms with Crippen LogP contribution < -0.4 is 5.32 Å². The van der Waals surface area contributed by atoms with Crippen molar-refractivity contribution < 1.29 is 23.2 Å². The van der Waals surface area contributed by atoms with Crippen molar-refractivity contribution in [3.05, 3.63) is 34.3 Å². The maximum absolute atomic E-state index is 11.7. The van der Waals surface area contributed by atoms with Gasteiger partial charge < -0.3 is 20.5 Å². The molecular weight excluding hydrogens is 391 g/mol. The highest BCUT2D eigenvalue weighted by Gasteiger charge is 2.20. The summed E-state index contributed by atoms with van der Waals surface area (Å²) in [6.07, 6.45) is -0.971. The zero-order valence-corrected chi connectivity index (χ0v) is 15.0. The van der Waals surface area contributed by atoms with Gasteiger partial charge in [-0.2, -0.15) is 8.42 Å². The van der Waals surface area contributed by atoms with E-state index in [1.54, 1.807) is 18.2 Å². The number of aromatic amines is 1. The number of aliphatic hydroxyl groups excluding tert-OH is 2. The summed E-state index contributed by atoms with van der Waals surface area (Å²) in [7, 11) is -4.49. The Kier molecular flexibility index (Phi) is 4.84. The number of H-pyrrole nitrogens is 1. The largest absolute Gasteiger partial charge is 0.394 e. The summed E-state index contributed by atoms with van der Waals surface area (Å²) in [5, 5.41) is 23.0. The zero-order chi connectivity index (χ0) is 18.4. The number of hydrogen-bond acceptors (Lipinski definition) is 5. The minimum absolute atomic E-state index is 0.0627. The summed E-state index contributed by atoms with van der Waals surface area (Å²) < 4.78 is 32.8. The van der Waals surface area contributed by atoms with Crippen LogP contribution >= 0.6 is 23.2 Å². The number of nitrogens with one attached hydrogen (secondary N) is 2. The monoisotopic (exact) mass is 404 g/mol. The summed E-state index contributed by atoms with van der Waals surface area (Å²) in [5.74, 6) is 0. The van der Waals surface area contributed by atoms with Crippen molar-refractivity contribution in [2.75, 3.05) is 18.5 Å². The highest BCUT2D eigenvalue weighted by atomic mass is 35.5. The van der Waals surface area contributed by atoms with Crippen LogP contribution in [0, 0.1) is 0 Å². The summed E-state index contributed by atoms with van der Waals surface area (Å²) >= 11 is 12.1. The number of rotatable bonds is 5. The second-order valence-electron chi connectivity index (χ2n) is 5.52. The molecule has 1 atom stereocenters. The Morgan fingerprint density at radius 3 is 2.28 bits per heavy atom. The Morgan fingerprint density at radius 1 is 1.08 bits per heavy atom. The molecule has 0 amide bonds. The van der Waals surface area contributed by atoms with Gasteiger partial charge in [0.2, 0.25) is 0 Å². The van der Waals surface area contributed by atoms with E-state index >= 15 is 0 Å². The smallest absolute Gasteiger partial charge is 0.296 e. The van der Waals surface area contributed by atoms with Crippen molar-refractivity contribution in [2.45, 2.75) is 11.0 Å². The molecule has 0 bridgehead atoms. The van der Waals surface area contributed by atoms with E-state index in [0.717, 1.165) is 6.07 Å². The molecular formula is C15H14Cl2N2O5S. The van der Waals surface area contributed by atoms with E-state index in [1.165, 1.54) is 0 Å². The number of aliphatic hydroxyl groups is 2. The molecule has 1 aromatic heterocycles. The van der Waals surface area contributed by atoms with Gasteiger partial charge in [0.1, 0.15) is 4.90 Å². The highest BCUT2D eigenvalue weighted by Crippen LogP contribution is 2.37. The van der Waals surface area contributed by atoms with Crippen molar-refractivity contribution in [1.29, 1.82) is 0 Å². The first-order chi connectivity index (χ1) is 11.7. The van der Waals surface area contributed by atoms with Gasteiger partial charge in [-0.1, -0.05) is 23.2 Å². The quantitative estimate of drug-likeness (QED) is 0.416. The van der Waals surface area contributed by atoms with Gasteiger partial charge in [-0.25, -0.2) is 0 Å². The minimum Gasteiger partial charge on any atom is -0.394 e. The molecule has 1 heterocycles. The van der Waals surface area contributed by atoms with E-state index < -0.39 is 22.8 Å². The average Bonchev–Trinajstić information content (AvgIpc) is 2.89. The maximum atomic E-state index is 11.7. The van der Waals surface area contributed by atoms with Crippen LogP contribution in [0.25, 0.3) is 21.8 Å². The molecule has 0 radical (unpaired) electrons. The minimum atomic E-state index is -4.49. The fourth-order valence-electron chi connectivity index (χ4n) is 2.64. The summed E-state index contributed by atoms with van der Waals surface area (Å²) in [5.41, 5.74) is 1.22. The van der Waals surface area contributed by atoms with E-state index in [2.05, 4.69) is 10.3 Å². The van der Waals surface area contributed by atoms with Crippen LogP contribution in [0.2, 0.25) is 10.0 Å². The Bertz CT molecular complexity index is 1060. The molecule has 0 saturated carbocycles. The van der Waals surface area contributed by atoms with Crippen molar-refractivity contribution >= 4 is 60.8 Å². The van der Waals surface area contributed by atoms with E-state index in [4.69, 9.17) is 28.3 Å². The molecule has 0 aliphatic rings. The normalized spacial score (nSPS) is 13.5. The third-order valence-corrected chi connectivity index (χ3v) is 5.04.